The molecule has 1 aliphatic heterocycles. The highest BCUT2D eigenvalue weighted by Gasteiger charge is 2.38. The molecule has 0 spiro atoms. The van der Waals surface area contributed by atoms with E-state index in [2.05, 4.69) is 5.10 Å². The zero-order valence-electron chi connectivity index (χ0n) is 13.1. The molecule has 1 fully saturated rings. The van der Waals surface area contributed by atoms with Crippen molar-refractivity contribution in [1.29, 1.82) is 0 Å². The van der Waals surface area contributed by atoms with Crippen LogP contribution < -0.4 is 0 Å². The van der Waals surface area contributed by atoms with Crippen molar-refractivity contribution < 1.29 is 19.1 Å². The Balaban J connectivity index is 1.70. The summed E-state index contributed by atoms with van der Waals surface area (Å²) in [6.07, 6.45) is -0.289. The Morgan fingerprint density at radius 2 is 2.09 bits per heavy atom. The van der Waals surface area contributed by atoms with E-state index in [9.17, 15) is 9.59 Å². The van der Waals surface area contributed by atoms with Crippen molar-refractivity contribution in [2.45, 2.75) is 32.4 Å². The Bertz CT molecular complexity index is 723. The number of hydrogen-bond acceptors (Lipinski definition) is 5. The Labute approximate surface area is 134 Å². The van der Waals surface area contributed by atoms with E-state index < -0.39 is 12.1 Å². The van der Waals surface area contributed by atoms with E-state index in [4.69, 9.17) is 9.47 Å². The number of carbonyl (C=O) groups excluding carboxylic acids is 2. The van der Waals surface area contributed by atoms with Crippen molar-refractivity contribution in [1.82, 2.24) is 9.78 Å². The van der Waals surface area contributed by atoms with Gasteiger partial charge in [-0.1, -0.05) is 18.2 Å². The van der Waals surface area contributed by atoms with Gasteiger partial charge in [-0.15, -0.1) is 0 Å². The fraction of sp³-hybridized carbons (Fsp3) is 0.353. The van der Waals surface area contributed by atoms with Crippen molar-refractivity contribution in [2.75, 3.05) is 6.61 Å². The van der Waals surface area contributed by atoms with Gasteiger partial charge in [-0.3, -0.25) is 9.48 Å². The largest absolute Gasteiger partial charge is 0.458 e. The predicted octanol–water partition coefficient (Wildman–Crippen LogP) is 2.21. The van der Waals surface area contributed by atoms with Gasteiger partial charge < -0.3 is 9.47 Å². The number of aromatic nitrogens is 2. The number of esters is 2. The van der Waals surface area contributed by atoms with Crippen molar-refractivity contribution in [3.63, 3.8) is 0 Å². The normalized spacial score (nSPS) is 20.3. The van der Waals surface area contributed by atoms with Crippen molar-refractivity contribution in [3.8, 4) is 0 Å². The first-order valence-electron chi connectivity index (χ1n) is 7.49. The summed E-state index contributed by atoms with van der Waals surface area (Å²) < 4.78 is 12.4. The second-order valence-corrected chi connectivity index (χ2v) is 5.64. The maximum atomic E-state index is 12.0. The third-order valence-electron chi connectivity index (χ3n) is 3.83. The van der Waals surface area contributed by atoms with Crippen molar-refractivity contribution >= 4 is 11.9 Å². The molecular weight excluding hydrogens is 296 g/mol. The molecule has 120 valence electrons. The molecule has 0 bridgehead atoms. The Hall–Kier alpha value is -2.63. The number of aryl methyl sites for hydroxylation is 2. The summed E-state index contributed by atoms with van der Waals surface area (Å²) in [4.78, 5) is 23.7. The second-order valence-electron chi connectivity index (χ2n) is 5.64. The van der Waals surface area contributed by atoms with Gasteiger partial charge in [0.15, 0.2) is 6.10 Å². The van der Waals surface area contributed by atoms with Crippen LogP contribution in [-0.4, -0.2) is 34.4 Å². The highest BCUT2D eigenvalue weighted by Crippen LogP contribution is 2.28. The van der Waals surface area contributed by atoms with Crippen LogP contribution in [0.4, 0.5) is 0 Å². The molecule has 23 heavy (non-hydrogen) atoms. The van der Waals surface area contributed by atoms with Crippen LogP contribution >= 0.6 is 0 Å². The van der Waals surface area contributed by atoms with Crippen LogP contribution in [-0.2, 0) is 14.3 Å². The molecule has 1 saturated heterocycles. The minimum absolute atomic E-state index is 0.0164. The Kier molecular flexibility index (Phi) is 4.14. The van der Waals surface area contributed by atoms with Gasteiger partial charge in [0.05, 0.1) is 17.7 Å². The van der Waals surface area contributed by atoms with Gasteiger partial charge in [0.2, 0.25) is 0 Å². The lowest BCUT2D eigenvalue weighted by molar-refractivity contribution is -0.143. The average Bonchev–Trinajstić information content (AvgIpc) is 3.07. The van der Waals surface area contributed by atoms with E-state index >= 15 is 0 Å². The topological polar surface area (TPSA) is 70.4 Å². The summed E-state index contributed by atoms with van der Waals surface area (Å²) in [6.45, 7) is 3.84. The molecule has 2 atom stereocenters. The number of hydrogen-bond donors (Lipinski definition) is 0. The van der Waals surface area contributed by atoms with Gasteiger partial charge in [-0.2, -0.15) is 5.10 Å². The first kappa shape index (κ1) is 15.3. The standard InChI is InChI=1S/C17H18N2O4/c1-11-8-12(2)19(18-11)14-9-16(20)23-15(14)10-22-17(21)13-6-4-3-5-7-13/h3-8,14-15H,9-10H2,1-2H3/t14-,15+/m0/s1. The molecule has 0 N–H and O–H groups in total. The lowest BCUT2D eigenvalue weighted by atomic mass is 10.1. The molecule has 0 amide bonds. The third kappa shape index (κ3) is 3.26. The maximum Gasteiger partial charge on any atom is 0.338 e. The first-order chi connectivity index (χ1) is 11.0. The zero-order valence-corrected chi connectivity index (χ0v) is 13.1. The van der Waals surface area contributed by atoms with E-state index in [1.165, 1.54) is 0 Å². The minimum atomic E-state index is -0.520. The van der Waals surface area contributed by atoms with E-state index in [1.54, 1.807) is 28.9 Å². The Morgan fingerprint density at radius 3 is 2.74 bits per heavy atom. The number of cyclic esters (lactones) is 1. The molecule has 1 aromatic heterocycles. The highest BCUT2D eigenvalue weighted by atomic mass is 16.6. The summed E-state index contributed by atoms with van der Waals surface area (Å²) in [6, 6.07) is 10.4. The smallest absolute Gasteiger partial charge is 0.338 e. The lowest BCUT2D eigenvalue weighted by Crippen LogP contribution is -2.28. The molecule has 0 unspecified atom stereocenters. The molecule has 3 rings (SSSR count). The van der Waals surface area contributed by atoms with Crippen molar-refractivity contribution in [3.05, 3.63) is 53.3 Å². The fourth-order valence-electron chi connectivity index (χ4n) is 2.78. The average molecular weight is 314 g/mol. The molecule has 0 radical (unpaired) electrons. The Morgan fingerprint density at radius 1 is 1.35 bits per heavy atom. The van der Waals surface area contributed by atoms with E-state index in [0.717, 1.165) is 11.4 Å². The van der Waals surface area contributed by atoms with Gasteiger partial charge in [0, 0.05) is 5.69 Å². The molecule has 0 aliphatic carbocycles. The van der Waals surface area contributed by atoms with E-state index in [0.29, 0.717) is 5.56 Å². The van der Waals surface area contributed by atoms with E-state index in [-0.39, 0.29) is 25.0 Å². The quantitative estimate of drug-likeness (QED) is 0.809. The van der Waals surface area contributed by atoms with Crippen LogP contribution in [0.15, 0.2) is 36.4 Å². The van der Waals surface area contributed by atoms with E-state index in [1.807, 2.05) is 26.0 Å². The zero-order chi connectivity index (χ0) is 16.4. The highest BCUT2D eigenvalue weighted by molar-refractivity contribution is 5.89. The molecule has 1 aliphatic rings. The number of ether oxygens (including phenoxy) is 2. The van der Waals surface area contributed by atoms with Crippen LogP contribution in [0.25, 0.3) is 0 Å². The van der Waals surface area contributed by atoms with Gasteiger partial charge in [0.25, 0.3) is 0 Å². The molecule has 6 nitrogen and oxygen atoms in total. The molecular formula is C17H18N2O4. The number of nitrogens with zero attached hydrogens (tertiary/aromatic N) is 2. The van der Waals surface area contributed by atoms with Crippen molar-refractivity contribution in [2.24, 2.45) is 0 Å². The SMILES string of the molecule is Cc1cc(C)n([C@H]2CC(=O)O[C@@H]2COC(=O)c2ccccc2)n1. The molecule has 6 heteroatoms. The van der Waals surface area contributed by atoms with Crippen LogP contribution in [0, 0.1) is 13.8 Å². The maximum absolute atomic E-state index is 12.0. The summed E-state index contributed by atoms with van der Waals surface area (Å²) in [5, 5.41) is 4.41. The van der Waals surface area contributed by atoms with Crippen LogP contribution in [0.1, 0.15) is 34.2 Å². The summed E-state index contributed by atoms with van der Waals surface area (Å²) >= 11 is 0. The van der Waals surface area contributed by atoms with Crippen LogP contribution in [0.2, 0.25) is 0 Å². The second kappa shape index (κ2) is 6.24. The summed E-state index contributed by atoms with van der Waals surface area (Å²) in [5.74, 6) is -0.732. The number of rotatable bonds is 4. The summed E-state index contributed by atoms with van der Waals surface area (Å²) in [5.41, 5.74) is 2.30. The predicted molar refractivity (Wildman–Crippen MR) is 82.0 cm³/mol. The molecule has 2 heterocycles. The third-order valence-corrected chi connectivity index (χ3v) is 3.83. The molecule has 1 aromatic carbocycles. The number of carbonyl (C=O) groups is 2. The fourth-order valence-corrected chi connectivity index (χ4v) is 2.78. The van der Waals surface area contributed by atoms with Gasteiger partial charge >= 0.3 is 11.9 Å². The molecule has 2 aromatic rings. The van der Waals surface area contributed by atoms with Crippen LogP contribution in [0.5, 0.6) is 0 Å². The monoisotopic (exact) mass is 314 g/mol. The minimum Gasteiger partial charge on any atom is -0.458 e. The first-order valence-corrected chi connectivity index (χ1v) is 7.49. The van der Waals surface area contributed by atoms with Gasteiger partial charge in [-0.25, -0.2) is 4.79 Å². The van der Waals surface area contributed by atoms with Crippen LogP contribution in [0.3, 0.4) is 0 Å². The summed E-state index contributed by atoms with van der Waals surface area (Å²) in [7, 11) is 0. The van der Waals surface area contributed by atoms with Gasteiger partial charge in [0.1, 0.15) is 12.6 Å². The number of benzene rings is 1. The lowest BCUT2D eigenvalue weighted by Gasteiger charge is -2.19. The van der Waals surface area contributed by atoms with Gasteiger partial charge in [-0.05, 0) is 32.0 Å². The molecule has 0 saturated carbocycles.